The highest BCUT2D eigenvalue weighted by Gasteiger charge is 2.29. The molecule has 1 aliphatic heterocycles. The van der Waals surface area contributed by atoms with Crippen LogP contribution >= 0.6 is 11.3 Å². The van der Waals surface area contributed by atoms with Crippen molar-refractivity contribution in [3.63, 3.8) is 0 Å². The van der Waals surface area contributed by atoms with Crippen molar-refractivity contribution in [2.45, 2.75) is 32.1 Å². The van der Waals surface area contributed by atoms with Crippen molar-refractivity contribution in [1.29, 1.82) is 0 Å². The van der Waals surface area contributed by atoms with E-state index in [0.29, 0.717) is 31.9 Å². The Bertz CT molecular complexity index is 613. The van der Waals surface area contributed by atoms with Crippen LogP contribution in [0.25, 0.3) is 0 Å². The summed E-state index contributed by atoms with van der Waals surface area (Å²) in [6, 6.07) is -0.121. The molecule has 0 bridgehead atoms. The average molecular weight is 323 g/mol. The minimum absolute atomic E-state index is 0.121. The summed E-state index contributed by atoms with van der Waals surface area (Å²) in [5.41, 5.74) is 3.22. The number of carbonyl (C=O) groups is 1. The Hall–Kier alpha value is -1.77. The van der Waals surface area contributed by atoms with Crippen molar-refractivity contribution in [2.75, 3.05) is 13.2 Å². The third-order valence-corrected chi connectivity index (χ3v) is 4.14. The van der Waals surface area contributed by atoms with Crippen LogP contribution in [-0.2, 0) is 16.1 Å². The van der Waals surface area contributed by atoms with Gasteiger partial charge in [-0.15, -0.1) is 11.3 Å². The van der Waals surface area contributed by atoms with Gasteiger partial charge in [-0.1, -0.05) is 0 Å². The van der Waals surface area contributed by atoms with Crippen LogP contribution in [0.1, 0.15) is 28.4 Å². The predicted octanol–water partition coefficient (Wildman–Crippen LogP) is 1.54. The van der Waals surface area contributed by atoms with E-state index < -0.39 is 0 Å². The Morgan fingerprint density at radius 1 is 1.55 bits per heavy atom. The number of aromatic nitrogens is 2. The zero-order valence-electron chi connectivity index (χ0n) is 12.2. The monoisotopic (exact) mass is 323 g/mol. The van der Waals surface area contributed by atoms with Crippen LogP contribution in [0.5, 0.6) is 0 Å². The van der Waals surface area contributed by atoms with E-state index in [0.717, 1.165) is 5.69 Å². The number of carbonyl (C=O) groups excluding carboxylic acids is 1. The van der Waals surface area contributed by atoms with Gasteiger partial charge in [-0.3, -0.25) is 4.79 Å². The van der Waals surface area contributed by atoms with Gasteiger partial charge in [0.25, 0.3) is 5.91 Å². The van der Waals surface area contributed by atoms with Crippen molar-refractivity contribution in [3.8, 4) is 0 Å². The van der Waals surface area contributed by atoms with Crippen molar-refractivity contribution in [3.05, 3.63) is 34.4 Å². The van der Waals surface area contributed by atoms with Gasteiger partial charge < -0.3 is 19.2 Å². The average Bonchev–Trinajstić information content (AvgIpc) is 3.17. The molecule has 7 nitrogen and oxygen atoms in total. The number of hydrogen-bond donors (Lipinski definition) is 1. The van der Waals surface area contributed by atoms with Gasteiger partial charge in [0.05, 0.1) is 36.2 Å². The van der Waals surface area contributed by atoms with Crippen LogP contribution < -0.4 is 5.32 Å². The number of hydrogen-bond acceptors (Lipinski definition) is 7. The lowest BCUT2D eigenvalue weighted by molar-refractivity contribution is -0.0743. The summed E-state index contributed by atoms with van der Waals surface area (Å²) in [6.45, 7) is 3.19. The van der Waals surface area contributed by atoms with E-state index in [4.69, 9.17) is 13.9 Å². The first-order chi connectivity index (χ1) is 10.7. The van der Waals surface area contributed by atoms with Crippen molar-refractivity contribution in [1.82, 2.24) is 15.3 Å². The fourth-order valence-electron chi connectivity index (χ4n) is 2.30. The second kappa shape index (κ2) is 6.99. The van der Waals surface area contributed by atoms with Crippen molar-refractivity contribution < 1.29 is 18.7 Å². The van der Waals surface area contributed by atoms with Crippen LogP contribution in [0.15, 0.2) is 21.7 Å². The number of amides is 1. The molecule has 0 radical (unpaired) electrons. The molecule has 0 spiro atoms. The second-order valence-corrected chi connectivity index (χ2v) is 5.76. The Labute approximate surface area is 131 Å². The minimum atomic E-state index is -0.274. The number of oxazole rings is 1. The van der Waals surface area contributed by atoms with Crippen LogP contribution in [0.4, 0.5) is 0 Å². The van der Waals surface area contributed by atoms with E-state index >= 15 is 0 Å². The Morgan fingerprint density at radius 3 is 3.18 bits per heavy atom. The normalized spacial score (nSPS) is 21.7. The maximum atomic E-state index is 12.2. The number of thiazole rings is 1. The summed E-state index contributed by atoms with van der Waals surface area (Å²) in [6.07, 6.45) is 1.76. The summed E-state index contributed by atoms with van der Waals surface area (Å²) in [5, 5.41) is 4.89. The molecule has 0 saturated carbocycles. The lowest BCUT2D eigenvalue weighted by Gasteiger charge is -2.31. The zero-order valence-corrected chi connectivity index (χ0v) is 13.0. The molecule has 2 atom stereocenters. The lowest BCUT2D eigenvalue weighted by Crippen LogP contribution is -2.50. The Kier molecular flexibility index (Phi) is 4.81. The molecule has 22 heavy (non-hydrogen) atoms. The highest BCUT2D eigenvalue weighted by atomic mass is 32.1. The van der Waals surface area contributed by atoms with E-state index in [2.05, 4.69) is 15.3 Å². The molecule has 1 fully saturated rings. The molecular weight excluding hydrogens is 306 g/mol. The SMILES string of the molecule is Cc1ncoc1C(=O)N[C@@H]1CCOC[C@H]1OCc1cscn1. The molecule has 2 aromatic rings. The second-order valence-electron chi connectivity index (χ2n) is 5.04. The smallest absolute Gasteiger partial charge is 0.289 e. The molecule has 1 saturated heterocycles. The first kappa shape index (κ1) is 15.1. The molecule has 1 aliphatic rings. The van der Waals surface area contributed by atoms with E-state index in [9.17, 15) is 4.79 Å². The quantitative estimate of drug-likeness (QED) is 0.898. The molecule has 0 aliphatic carbocycles. The third kappa shape index (κ3) is 3.52. The summed E-state index contributed by atoms with van der Waals surface area (Å²) in [5.74, 6) is -0.0334. The van der Waals surface area contributed by atoms with Gasteiger partial charge in [0, 0.05) is 12.0 Å². The standard InChI is InChI=1S/C14H17N3O4S/c1-9-13(21-7-15-9)14(18)17-11-2-3-19-5-12(11)20-4-10-6-22-8-16-10/h6-8,11-12H,2-5H2,1H3,(H,17,18)/t11-,12-/m1/s1. The van der Waals surface area contributed by atoms with Crippen molar-refractivity contribution >= 4 is 17.2 Å². The van der Waals surface area contributed by atoms with Gasteiger partial charge in [-0.05, 0) is 13.3 Å². The summed E-state index contributed by atoms with van der Waals surface area (Å²) >= 11 is 1.53. The maximum absolute atomic E-state index is 12.2. The molecule has 2 aromatic heterocycles. The van der Waals surface area contributed by atoms with Crippen molar-refractivity contribution in [2.24, 2.45) is 0 Å². The van der Waals surface area contributed by atoms with E-state index in [-0.39, 0.29) is 23.8 Å². The van der Waals surface area contributed by atoms with Gasteiger partial charge in [-0.25, -0.2) is 9.97 Å². The van der Waals surface area contributed by atoms with Crippen LogP contribution in [-0.4, -0.2) is 41.2 Å². The topological polar surface area (TPSA) is 86.5 Å². The molecule has 1 N–H and O–H groups in total. The fourth-order valence-corrected chi connectivity index (χ4v) is 2.84. The van der Waals surface area contributed by atoms with Gasteiger partial charge in [-0.2, -0.15) is 0 Å². The summed E-state index contributed by atoms with van der Waals surface area (Å²) < 4.78 is 16.4. The Morgan fingerprint density at radius 2 is 2.45 bits per heavy atom. The molecule has 1 amide bonds. The lowest BCUT2D eigenvalue weighted by atomic mass is 10.1. The van der Waals surface area contributed by atoms with Gasteiger partial charge >= 0.3 is 0 Å². The summed E-state index contributed by atoms with van der Waals surface area (Å²) in [7, 11) is 0. The number of rotatable bonds is 5. The summed E-state index contributed by atoms with van der Waals surface area (Å²) in [4.78, 5) is 20.3. The maximum Gasteiger partial charge on any atom is 0.289 e. The first-order valence-electron chi connectivity index (χ1n) is 7.01. The molecule has 8 heteroatoms. The molecule has 0 unspecified atom stereocenters. The number of ether oxygens (including phenoxy) is 2. The zero-order chi connectivity index (χ0) is 15.4. The molecule has 3 rings (SSSR count). The van der Waals surface area contributed by atoms with Gasteiger partial charge in [0.1, 0.15) is 6.10 Å². The molecule has 118 valence electrons. The van der Waals surface area contributed by atoms with E-state index in [1.807, 2.05) is 5.38 Å². The van der Waals surface area contributed by atoms with E-state index in [1.54, 1.807) is 12.4 Å². The minimum Gasteiger partial charge on any atom is -0.438 e. The van der Waals surface area contributed by atoms with E-state index in [1.165, 1.54) is 17.7 Å². The first-order valence-corrected chi connectivity index (χ1v) is 7.95. The highest BCUT2D eigenvalue weighted by Crippen LogP contribution is 2.15. The van der Waals surface area contributed by atoms with Gasteiger partial charge in [0.2, 0.25) is 5.76 Å². The molecular formula is C14H17N3O4S. The third-order valence-electron chi connectivity index (χ3n) is 3.50. The number of nitrogens with one attached hydrogen (secondary N) is 1. The Balaban J connectivity index is 1.60. The van der Waals surface area contributed by atoms with Gasteiger partial charge in [0.15, 0.2) is 6.39 Å². The molecule has 3 heterocycles. The van der Waals surface area contributed by atoms with Crippen LogP contribution in [0.2, 0.25) is 0 Å². The number of nitrogens with zero attached hydrogens (tertiary/aromatic N) is 2. The largest absolute Gasteiger partial charge is 0.438 e. The highest BCUT2D eigenvalue weighted by molar-refractivity contribution is 7.07. The molecule has 0 aromatic carbocycles. The van der Waals surface area contributed by atoms with Crippen LogP contribution in [0.3, 0.4) is 0 Å². The number of aryl methyl sites for hydroxylation is 1. The van der Waals surface area contributed by atoms with Crippen LogP contribution in [0, 0.1) is 6.92 Å². The predicted molar refractivity (Wildman–Crippen MR) is 78.6 cm³/mol. The fraction of sp³-hybridized carbons (Fsp3) is 0.500.